The third kappa shape index (κ3) is 4.09. The summed E-state index contributed by atoms with van der Waals surface area (Å²) in [5, 5.41) is 0. The second-order valence-electron chi connectivity index (χ2n) is 9.43. The van der Waals surface area contributed by atoms with Crippen molar-refractivity contribution in [2.24, 2.45) is 0 Å². The van der Waals surface area contributed by atoms with Gasteiger partial charge in [0.15, 0.2) is 0 Å². The van der Waals surface area contributed by atoms with Gasteiger partial charge in [-0.3, -0.25) is 0 Å². The monoisotopic (exact) mass is 472 g/mol. The summed E-state index contributed by atoms with van der Waals surface area (Å²) in [4.78, 5) is 8.85. The minimum Gasteiger partial charge on any atom is -0.139 e. The smallest absolute Gasteiger partial charge is 0.0464 e. The lowest BCUT2D eigenvalue weighted by atomic mass is 9.99. The first-order valence-electron chi connectivity index (χ1n) is 11.0. The molecule has 4 aromatic rings. The molecule has 4 heterocycles. The molecule has 0 fully saturated rings. The van der Waals surface area contributed by atoms with Crippen LogP contribution in [0.2, 0.25) is 0 Å². The van der Waals surface area contributed by atoms with E-state index in [-0.39, 0.29) is 0 Å². The van der Waals surface area contributed by atoms with E-state index in [2.05, 4.69) is 79.7 Å². The summed E-state index contributed by atoms with van der Waals surface area (Å²) in [5.41, 5.74) is 3.06. The van der Waals surface area contributed by atoms with Crippen LogP contribution in [0.1, 0.15) is 99.9 Å². The molecule has 4 heteroatoms. The first-order chi connectivity index (χ1) is 14.2. The second kappa shape index (κ2) is 8.54. The SMILES string of the molecule is CC(C)c1cc(-c2cc3sc(-c4cc(C(C)C)c(C(C)C)s4)cc3s2)sc1C(C)C. The van der Waals surface area contributed by atoms with Gasteiger partial charge in [-0.2, -0.15) is 0 Å². The van der Waals surface area contributed by atoms with Gasteiger partial charge in [0.05, 0.1) is 0 Å². The van der Waals surface area contributed by atoms with Crippen LogP contribution in [-0.4, -0.2) is 0 Å². The van der Waals surface area contributed by atoms with Gasteiger partial charge in [0.25, 0.3) is 0 Å². The first-order valence-corrected chi connectivity index (χ1v) is 14.2. The molecule has 0 bridgehead atoms. The van der Waals surface area contributed by atoms with Gasteiger partial charge in [-0.15, -0.1) is 45.3 Å². The van der Waals surface area contributed by atoms with Crippen LogP contribution in [0.3, 0.4) is 0 Å². The maximum absolute atomic E-state index is 2.45. The Morgan fingerprint density at radius 2 is 0.767 bits per heavy atom. The largest absolute Gasteiger partial charge is 0.139 e. The summed E-state index contributed by atoms with van der Waals surface area (Å²) in [6.45, 7) is 18.5. The molecular formula is C26H32S4. The third-order valence-corrected chi connectivity index (χ3v) is 11.2. The zero-order chi connectivity index (χ0) is 21.7. The molecule has 160 valence electrons. The van der Waals surface area contributed by atoms with Gasteiger partial charge in [0.2, 0.25) is 0 Å². The lowest BCUT2D eigenvalue weighted by Crippen LogP contribution is -1.91. The highest BCUT2D eigenvalue weighted by Crippen LogP contribution is 2.48. The lowest BCUT2D eigenvalue weighted by Gasteiger charge is -2.08. The topological polar surface area (TPSA) is 0 Å². The van der Waals surface area contributed by atoms with E-state index in [9.17, 15) is 0 Å². The summed E-state index contributed by atoms with van der Waals surface area (Å²) in [6, 6.07) is 9.75. The zero-order valence-electron chi connectivity index (χ0n) is 19.3. The highest BCUT2D eigenvalue weighted by Gasteiger charge is 2.20. The summed E-state index contributed by atoms with van der Waals surface area (Å²) >= 11 is 7.91. The van der Waals surface area contributed by atoms with Gasteiger partial charge in [-0.25, -0.2) is 0 Å². The van der Waals surface area contributed by atoms with Gasteiger partial charge in [0, 0.05) is 38.7 Å². The lowest BCUT2D eigenvalue weighted by molar-refractivity contribution is 0.810. The predicted octanol–water partition coefficient (Wildman–Crippen LogP) is 10.9. The molecule has 30 heavy (non-hydrogen) atoms. The maximum atomic E-state index is 2.45. The van der Waals surface area contributed by atoms with Crippen LogP contribution >= 0.6 is 45.3 Å². The van der Waals surface area contributed by atoms with Crippen molar-refractivity contribution in [3.8, 4) is 19.5 Å². The van der Waals surface area contributed by atoms with E-state index in [4.69, 9.17) is 0 Å². The number of fused-ring (bicyclic) bond motifs is 1. The van der Waals surface area contributed by atoms with Crippen LogP contribution < -0.4 is 0 Å². The Labute approximate surface area is 197 Å². The van der Waals surface area contributed by atoms with Gasteiger partial charge in [-0.05, 0) is 59.1 Å². The van der Waals surface area contributed by atoms with E-state index in [1.165, 1.54) is 40.0 Å². The summed E-state index contributed by atoms with van der Waals surface area (Å²) < 4.78 is 2.86. The van der Waals surface area contributed by atoms with E-state index in [1.807, 2.05) is 45.3 Å². The van der Waals surface area contributed by atoms with Crippen molar-refractivity contribution in [1.29, 1.82) is 0 Å². The summed E-state index contributed by atoms with van der Waals surface area (Å²) in [7, 11) is 0. The van der Waals surface area contributed by atoms with Crippen molar-refractivity contribution in [1.82, 2.24) is 0 Å². The summed E-state index contributed by atoms with van der Waals surface area (Å²) in [6.07, 6.45) is 0. The molecule has 0 amide bonds. The van der Waals surface area contributed by atoms with Crippen molar-refractivity contribution >= 4 is 54.7 Å². The Balaban J connectivity index is 1.71. The van der Waals surface area contributed by atoms with Gasteiger partial charge >= 0.3 is 0 Å². The molecule has 0 atom stereocenters. The van der Waals surface area contributed by atoms with Crippen LogP contribution in [0, 0.1) is 0 Å². The Morgan fingerprint density at radius 3 is 1.03 bits per heavy atom. The van der Waals surface area contributed by atoms with Gasteiger partial charge < -0.3 is 0 Å². The van der Waals surface area contributed by atoms with E-state index in [0.29, 0.717) is 23.7 Å². The summed E-state index contributed by atoms with van der Waals surface area (Å²) in [5.74, 6) is 2.37. The number of thiophene rings is 4. The quantitative estimate of drug-likeness (QED) is 0.262. The Morgan fingerprint density at radius 1 is 0.433 bits per heavy atom. The Bertz CT molecular complexity index is 987. The molecular weight excluding hydrogens is 441 g/mol. The predicted molar refractivity (Wildman–Crippen MR) is 143 cm³/mol. The normalized spacial score (nSPS) is 12.5. The highest BCUT2D eigenvalue weighted by atomic mass is 32.1. The molecule has 0 aliphatic rings. The number of hydrogen-bond acceptors (Lipinski definition) is 4. The standard InChI is InChI=1S/C26H32S4/c1-13(2)17-9-19(29-25(17)15(5)6)21-11-23-24(27-21)12-22(28-23)20-10-18(14(3)4)26(30-20)16(7)8/h9-16H,1-8H3. The molecule has 0 nitrogen and oxygen atoms in total. The van der Waals surface area contributed by atoms with Crippen LogP contribution in [0.15, 0.2) is 24.3 Å². The Kier molecular flexibility index (Phi) is 6.33. The average molecular weight is 473 g/mol. The van der Waals surface area contributed by atoms with Crippen molar-refractivity contribution in [3.05, 3.63) is 45.1 Å². The second-order valence-corrected chi connectivity index (χ2v) is 13.8. The zero-order valence-corrected chi connectivity index (χ0v) is 22.5. The average Bonchev–Trinajstić information content (AvgIpc) is 3.40. The fourth-order valence-corrected chi connectivity index (χ4v) is 9.14. The molecule has 0 saturated heterocycles. The van der Waals surface area contributed by atoms with Crippen molar-refractivity contribution < 1.29 is 0 Å². The van der Waals surface area contributed by atoms with E-state index < -0.39 is 0 Å². The number of rotatable bonds is 6. The molecule has 4 rings (SSSR count). The fourth-order valence-electron chi connectivity index (χ4n) is 3.96. The fraction of sp³-hybridized carbons (Fsp3) is 0.462. The molecule has 4 aromatic heterocycles. The molecule has 0 aliphatic carbocycles. The highest BCUT2D eigenvalue weighted by molar-refractivity contribution is 7.33. The number of hydrogen-bond donors (Lipinski definition) is 0. The molecule has 0 spiro atoms. The molecule has 0 unspecified atom stereocenters. The molecule has 0 radical (unpaired) electrons. The minimum atomic E-state index is 0.587. The van der Waals surface area contributed by atoms with Crippen molar-refractivity contribution in [2.75, 3.05) is 0 Å². The van der Waals surface area contributed by atoms with E-state index in [0.717, 1.165) is 0 Å². The third-order valence-electron chi connectivity index (χ3n) is 5.57. The van der Waals surface area contributed by atoms with Crippen LogP contribution in [-0.2, 0) is 0 Å². The first kappa shape index (κ1) is 22.3. The molecule has 0 aliphatic heterocycles. The minimum absolute atomic E-state index is 0.587. The van der Waals surface area contributed by atoms with Gasteiger partial charge in [0.1, 0.15) is 0 Å². The molecule has 0 saturated carbocycles. The van der Waals surface area contributed by atoms with Crippen molar-refractivity contribution in [3.63, 3.8) is 0 Å². The van der Waals surface area contributed by atoms with Crippen LogP contribution in [0.25, 0.3) is 28.9 Å². The van der Waals surface area contributed by atoms with Crippen molar-refractivity contribution in [2.45, 2.75) is 79.1 Å². The maximum Gasteiger partial charge on any atom is 0.0464 e. The van der Waals surface area contributed by atoms with Crippen LogP contribution in [0.5, 0.6) is 0 Å². The van der Waals surface area contributed by atoms with Crippen LogP contribution in [0.4, 0.5) is 0 Å². The molecule has 0 N–H and O–H groups in total. The van der Waals surface area contributed by atoms with E-state index >= 15 is 0 Å². The van der Waals surface area contributed by atoms with Gasteiger partial charge in [-0.1, -0.05) is 55.4 Å². The molecule has 0 aromatic carbocycles. The van der Waals surface area contributed by atoms with E-state index in [1.54, 1.807) is 9.75 Å². The Hall–Kier alpha value is -0.940.